The maximum Gasteiger partial charge on any atom is 0.338 e. The van der Waals surface area contributed by atoms with Crippen LogP contribution in [0.5, 0.6) is 0 Å². The van der Waals surface area contributed by atoms with Crippen LogP contribution < -0.4 is 5.73 Å². The van der Waals surface area contributed by atoms with Crippen LogP contribution in [0.2, 0.25) is 0 Å². The lowest BCUT2D eigenvalue weighted by Crippen LogP contribution is -2.22. The first-order valence-corrected chi connectivity index (χ1v) is 5.10. The highest BCUT2D eigenvalue weighted by molar-refractivity contribution is 5.90. The van der Waals surface area contributed by atoms with Gasteiger partial charge >= 0.3 is 5.97 Å². The second-order valence-corrected chi connectivity index (χ2v) is 3.52. The minimum atomic E-state index is -0.297. The number of benzene rings is 1. The van der Waals surface area contributed by atoms with Gasteiger partial charge in [-0.2, -0.15) is 0 Å². The molecule has 0 fully saturated rings. The minimum Gasteiger partial charge on any atom is -0.465 e. The Kier molecular flexibility index (Phi) is 4.31. The number of carbonyl (C=O) groups is 1. The molecule has 1 unspecified atom stereocenters. The SMILES string of the molecule is CCC(N)Cc1ccccc1C(=O)OC. The number of esters is 1. The van der Waals surface area contributed by atoms with Crippen LogP contribution in [0.4, 0.5) is 0 Å². The van der Waals surface area contributed by atoms with E-state index in [9.17, 15) is 4.79 Å². The number of hydrogen-bond donors (Lipinski definition) is 1. The molecule has 3 heteroatoms. The molecule has 0 aliphatic heterocycles. The van der Waals surface area contributed by atoms with Crippen molar-refractivity contribution in [2.45, 2.75) is 25.8 Å². The standard InChI is InChI=1S/C12H17NO2/c1-3-10(13)8-9-6-4-5-7-11(9)12(14)15-2/h4-7,10H,3,8,13H2,1-2H3. The third-order valence-electron chi connectivity index (χ3n) is 2.43. The van der Waals surface area contributed by atoms with Crippen molar-refractivity contribution < 1.29 is 9.53 Å². The molecule has 3 nitrogen and oxygen atoms in total. The monoisotopic (exact) mass is 207 g/mol. The van der Waals surface area contributed by atoms with Crippen molar-refractivity contribution in [3.8, 4) is 0 Å². The summed E-state index contributed by atoms with van der Waals surface area (Å²) in [7, 11) is 1.39. The fourth-order valence-electron chi connectivity index (χ4n) is 1.43. The molecular formula is C12H17NO2. The van der Waals surface area contributed by atoms with E-state index in [-0.39, 0.29) is 12.0 Å². The Morgan fingerprint density at radius 1 is 1.47 bits per heavy atom. The van der Waals surface area contributed by atoms with E-state index < -0.39 is 0 Å². The van der Waals surface area contributed by atoms with E-state index in [1.165, 1.54) is 7.11 Å². The van der Waals surface area contributed by atoms with Gasteiger partial charge in [-0.15, -0.1) is 0 Å². The van der Waals surface area contributed by atoms with Crippen LogP contribution in [0.15, 0.2) is 24.3 Å². The largest absolute Gasteiger partial charge is 0.465 e. The lowest BCUT2D eigenvalue weighted by Gasteiger charge is -2.11. The quantitative estimate of drug-likeness (QED) is 0.765. The van der Waals surface area contributed by atoms with Gasteiger partial charge in [0.1, 0.15) is 0 Å². The molecule has 82 valence electrons. The smallest absolute Gasteiger partial charge is 0.338 e. The van der Waals surface area contributed by atoms with E-state index in [1.807, 2.05) is 25.1 Å². The minimum absolute atomic E-state index is 0.0933. The third-order valence-corrected chi connectivity index (χ3v) is 2.43. The number of nitrogens with two attached hydrogens (primary N) is 1. The number of methoxy groups -OCH3 is 1. The highest BCUT2D eigenvalue weighted by Crippen LogP contribution is 2.12. The highest BCUT2D eigenvalue weighted by atomic mass is 16.5. The van der Waals surface area contributed by atoms with Crippen LogP contribution in [-0.4, -0.2) is 19.1 Å². The van der Waals surface area contributed by atoms with Crippen LogP contribution in [0.1, 0.15) is 29.3 Å². The van der Waals surface area contributed by atoms with Crippen molar-refractivity contribution in [3.63, 3.8) is 0 Å². The Hall–Kier alpha value is -1.35. The van der Waals surface area contributed by atoms with Gasteiger partial charge in [-0.3, -0.25) is 0 Å². The van der Waals surface area contributed by atoms with Crippen molar-refractivity contribution in [2.75, 3.05) is 7.11 Å². The molecule has 1 atom stereocenters. The van der Waals surface area contributed by atoms with Crippen molar-refractivity contribution in [1.29, 1.82) is 0 Å². The zero-order valence-corrected chi connectivity index (χ0v) is 9.19. The van der Waals surface area contributed by atoms with Gasteiger partial charge < -0.3 is 10.5 Å². The molecule has 0 saturated carbocycles. The predicted octanol–water partition coefficient (Wildman–Crippen LogP) is 1.75. The van der Waals surface area contributed by atoms with Gasteiger partial charge in [-0.1, -0.05) is 25.1 Å². The second kappa shape index (κ2) is 5.51. The van der Waals surface area contributed by atoms with Crippen LogP contribution in [-0.2, 0) is 11.2 Å². The summed E-state index contributed by atoms with van der Waals surface area (Å²) in [6.45, 7) is 2.03. The number of hydrogen-bond acceptors (Lipinski definition) is 3. The average Bonchev–Trinajstić information content (AvgIpc) is 2.28. The molecule has 0 saturated heterocycles. The molecule has 15 heavy (non-hydrogen) atoms. The van der Waals surface area contributed by atoms with Crippen molar-refractivity contribution in [2.24, 2.45) is 5.73 Å². The van der Waals surface area contributed by atoms with E-state index in [2.05, 4.69) is 0 Å². The Morgan fingerprint density at radius 3 is 2.73 bits per heavy atom. The summed E-state index contributed by atoms with van der Waals surface area (Å²) in [5.41, 5.74) is 7.44. The summed E-state index contributed by atoms with van der Waals surface area (Å²) in [5.74, 6) is -0.297. The van der Waals surface area contributed by atoms with Crippen LogP contribution >= 0.6 is 0 Å². The topological polar surface area (TPSA) is 52.3 Å². The van der Waals surface area contributed by atoms with Crippen LogP contribution in [0.3, 0.4) is 0 Å². The molecule has 2 N–H and O–H groups in total. The molecule has 1 rings (SSSR count). The van der Waals surface area contributed by atoms with Gasteiger partial charge in [0, 0.05) is 6.04 Å². The predicted molar refractivity (Wildman–Crippen MR) is 59.8 cm³/mol. The summed E-state index contributed by atoms with van der Waals surface area (Å²) in [4.78, 5) is 11.4. The molecular weight excluding hydrogens is 190 g/mol. The fourth-order valence-corrected chi connectivity index (χ4v) is 1.43. The van der Waals surface area contributed by atoms with Gasteiger partial charge in [0.15, 0.2) is 0 Å². The molecule has 0 spiro atoms. The number of carbonyl (C=O) groups excluding carboxylic acids is 1. The molecule has 0 bridgehead atoms. The van der Waals surface area contributed by atoms with Crippen molar-refractivity contribution in [1.82, 2.24) is 0 Å². The van der Waals surface area contributed by atoms with Crippen LogP contribution in [0.25, 0.3) is 0 Å². The van der Waals surface area contributed by atoms with Gasteiger partial charge in [0.2, 0.25) is 0 Å². The Labute approximate surface area is 90.2 Å². The first kappa shape index (κ1) is 11.7. The van der Waals surface area contributed by atoms with Crippen molar-refractivity contribution in [3.05, 3.63) is 35.4 Å². The lowest BCUT2D eigenvalue weighted by atomic mass is 9.99. The van der Waals surface area contributed by atoms with Gasteiger partial charge in [-0.05, 0) is 24.5 Å². The van der Waals surface area contributed by atoms with Gasteiger partial charge in [-0.25, -0.2) is 4.79 Å². The number of ether oxygens (including phenoxy) is 1. The maximum absolute atomic E-state index is 11.4. The molecule has 1 aromatic carbocycles. The summed E-state index contributed by atoms with van der Waals surface area (Å²) in [6.07, 6.45) is 1.61. The molecule has 0 heterocycles. The Balaban J connectivity index is 2.91. The van der Waals surface area contributed by atoms with Gasteiger partial charge in [0.05, 0.1) is 12.7 Å². The van der Waals surface area contributed by atoms with Crippen LogP contribution in [0, 0.1) is 0 Å². The first-order chi connectivity index (χ1) is 7.19. The van der Waals surface area contributed by atoms with E-state index in [0.717, 1.165) is 12.0 Å². The second-order valence-electron chi connectivity index (χ2n) is 3.52. The molecule has 0 aliphatic rings. The lowest BCUT2D eigenvalue weighted by molar-refractivity contribution is 0.0599. The fraction of sp³-hybridized carbons (Fsp3) is 0.417. The molecule has 0 aromatic heterocycles. The molecule has 0 aliphatic carbocycles. The summed E-state index contributed by atoms with van der Waals surface area (Å²) < 4.78 is 4.71. The normalized spacial score (nSPS) is 12.2. The highest BCUT2D eigenvalue weighted by Gasteiger charge is 2.12. The summed E-state index contributed by atoms with van der Waals surface area (Å²) in [6, 6.07) is 7.51. The van der Waals surface area contributed by atoms with E-state index >= 15 is 0 Å². The first-order valence-electron chi connectivity index (χ1n) is 5.10. The Morgan fingerprint density at radius 2 is 2.13 bits per heavy atom. The van der Waals surface area contributed by atoms with Crippen molar-refractivity contribution >= 4 is 5.97 Å². The average molecular weight is 207 g/mol. The summed E-state index contributed by atoms with van der Waals surface area (Å²) in [5, 5.41) is 0. The maximum atomic E-state index is 11.4. The van der Waals surface area contributed by atoms with Gasteiger partial charge in [0.25, 0.3) is 0 Å². The molecule has 1 aromatic rings. The molecule has 0 radical (unpaired) electrons. The Bertz CT molecular complexity index is 336. The van der Waals surface area contributed by atoms with E-state index in [0.29, 0.717) is 12.0 Å². The number of rotatable bonds is 4. The van der Waals surface area contributed by atoms with E-state index in [1.54, 1.807) is 6.07 Å². The van der Waals surface area contributed by atoms with E-state index in [4.69, 9.17) is 10.5 Å². The zero-order chi connectivity index (χ0) is 11.3. The molecule has 0 amide bonds. The third kappa shape index (κ3) is 3.06. The zero-order valence-electron chi connectivity index (χ0n) is 9.19. The summed E-state index contributed by atoms with van der Waals surface area (Å²) >= 11 is 0.